The molecule has 30 heavy (non-hydrogen) atoms. The summed E-state index contributed by atoms with van der Waals surface area (Å²) >= 11 is 0. The average Bonchev–Trinajstić information content (AvgIpc) is 3.53. The third-order valence-corrected chi connectivity index (χ3v) is 5.10. The van der Waals surface area contributed by atoms with Crippen molar-refractivity contribution in [1.82, 2.24) is 19.7 Å². The van der Waals surface area contributed by atoms with Crippen LogP contribution in [0.5, 0.6) is 0 Å². The Morgan fingerprint density at radius 3 is 2.63 bits per heavy atom. The zero-order chi connectivity index (χ0) is 21.3. The normalized spacial score (nSPS) is 13.2. The summed E-state index contributed by atoms with van der Waals surface area (Å²) in [4.78, 5) is 35.8. The average molecular weight is 407 g/mol. The fourth-order valence-electron chi connectivity index (χ4n) is 3.32. The second-order valence-electron chi connectivity index (χ2n) is 7.32. The van der Waals surface area contributed by atoms with Gasteiger partial charge in [0, 0.05) is 29.7 Å². The number of hydrogen-bond acceptors (Lipinski definition) is 5. The van der Waals surface area contributed by atoms with Crippen molar-refractivity contribution in [3.63, 3.8) is 0 Å². The number of carbonyl (C=O) groups is 1. The highest BCUT2D eigenvalue weighted by molar-refractivity contribution is 5.94. The molecule has 4 rings (SSSR count). The first kappa shape index (κ1) is 19.6. The summed E-state index contributed by atoms with van der Waals surface area (Å²) < 4.78 is 2.99. The number of nitrogens with one attached hydrogen (secondary N) is 1. The molecule has 0 atom stereocenters. The molecule has 1 heterocycles. The van der Waals surface area contributed by atoms with Crippen LogP contribution in [-0.2, 0) is 6.54 Å². The van der Waals surface area contributed by atoms with E-state index in [1.54, 1.807) is 23.6 Å². The second-order valence-corrected chi connectivity index (χ2v) is 7.32. The zero-order valence-electron chi connectivity index (χ0n) is 16.4. The molecule has 1 amide bonds. The van der Waals surface area contributed by atoms with Crippen molar-refractivity contribution in [3.05, 3.63) is 86.1 Å². The number of nitrogens with zero attached hydrogens (tertiary/aromatic N) is 4. The Hall–Kier alpha value is -3.75. The topological polar surface area (TPSA) is 112 Å². The Morgan fingerprint density at radius 2 is 1.97 bits per heavy atom. The van der Waals surface area contributed by atoms with Crippen LogP contribution >= 0.6 is 0 Å². The van der Waals surface area contributed by atoms with Gasteiger partial charge < -0.3 is 5.32 Å². The summed E-state index contributed by atoms with van der Waals surface area (Å²) in [5, 5.41) is 18.3. The van der Waals surface area contributed by atoms with Gasteiger partial charge >= 0.3 is 5.69 Å². The molecule has 1 fully saturated rings. The minimum Gasteiger partial charge on any atom is -0.350 e. The Balaban J connectivity index is 1.48. The minimum atomic E-state index is -0.513. The smallest absolute Gasteiger partial charge is 0.350 e. The quantitative estimate of drug-likeness (QED) is 0.478. The van der Waals surface area contributed by atoms with Crippen LogP contribution < -0.4 is 11.0 Å². The first-order chi connectivity index (χ1) is 14.5. The van der Waals surface area contributed by atoms with Crippen LogP contribution in [0.1, 0.15) is 40.5 Å². The van der Waals surface area contributed by atoms with E-state index in [1.807, 2.05) is 30.3 Å². The van der Waals surface area contributed by atoms with Crippen molar-refractivity contribution < 1.29 is 9.72 Å². The summed E-state index contributed by atoms with van der Waals surface area (Å²) in [5.74, 6) is 0.588. The number of aryl methyl sites for hydroxylation is 1. The number of para-hydroxylation sites is 1. The highest BCUT2D eigenvalue weighted by Crippen LogP contribution is 2.39. The number of hydrogen-bond donors (Lipinski definition) is 1. The van der Waals surface area contributed by atoms with E-state index in [-0.39, 0.29) is 35.9 Å². The fourth-order valence-corrected chi connectivity index (χ4v) is 3.32. The van der Waals surface area contributed by atoms with Crippen LogP contribution in [0.15, 0.2) is 53.3 Å². The van der Waals surface area contributed by atoms with Gasteiger partial charge in [-0.05, 0) is 38.0 Å². The molecule has 3 aromatic rings. The Morgan fingerprint density at radius 1 is 1.23 bits per heavy atom. The van der Waals surface area contributed by atoms with Crippen LogP contribution in [0.25, 0.3) is 5.69 Å². The van der Waals surface area contributed by atoms with E-state index >= 15 is 0 Å². The molecule has 0 spiro atoms. The molecule has 1 aliphatic rings. The number of rotatable bonds is 7. The van der Waals surface area contributed by atoms with Gasteiger partial charge in [-0.15, -0.1) is 0 Å². The molecule has 9 nitrogen and oxygen atoms in total. The van der Waals surface area contributed by atoms with Crippen molar-refractivity contribution in [3.8, 4) is 5.69 Å². The van der Waals surface area contributed by atoms with Crippen LogP contribution in [-0.4, -0.2) is 31.7 Å². The maximum atomic E-state index is 12.9. The van der Waals surface area contributed by atoms with Crippen molar-refractivity contribution >= 4 is 11.6 Å². The Bertz CT molecular complexity index is 1160. The molecule has 1 aliphatic carbocycles. The van der Waals surface area contributed by atoms with Crippen LogP contribution in [0, 0.1) is 17.0 Å². The van der Waals surface area contributed by atoms with Crippen LogP contribution in [0.2, 0.25) is 0 Å². The van der Waals surface area contributed by atoms with Gasteiger partial charge in [-0.25, -0.2) is 14.0 Å². The molecule has 9 heteroatoms. The number of nitro groups is 1. The van der Waals surface area contributed by atoms with E-state index in [0.29, 0.717) is 5.56 Å². The molecule has 154 valence electrons. The van der Waals surface area contributed by atoms with E-state index in [0.717, 1.165) is 24.4 Å². The standard InChI is InChI=1S/C21H21N5O4/c1-14-7-8-16(13-18(14)26(29)30)20(27)22-11-12-24-21(28)25(17-5-3-2-4-6-17)19(23-24)15-9-10-15/h2-8,13,15H,9-12H2,1H3,(H,22,27). The second kappa shape index (κ2) is 7.94. The van der Waals surface area contributed by atoms with Gasteiger partial charge in [-0.1, -0.05) is 24.3 Å². The molecular weight excluding hydrogens is 386 g/mol. The molecule has 1 saturated carbocycles. The summed E-state index contributed by atoms with van der Waals surface area (Å²) in [6.45, 7) is 2.00. The summed E-state index contributed by atoms with van der Waals surface area (Å²) in [7, 11) is 0. The number of carbonyl (C=O) groups excluding carboxylic acids is 1. The third-order valence-electron chi connectivity index (χ3n) is 5.10. The number of nitro benzene ring substituents is 1. The molecule has 0 bridgehead atoms. The molecule has 0 unspecified atom stereocenters. The van der Waals surface area contributed by atoms with Crippen molar-refractivity contribution in [2.24, 2.45) is 0 Å². The monoisotopic (exact) mass is 407 g/mol. The Kier molecular flexibility index (Phi) is 5.18. The molecule has 1 N–H and O–H groups in total. The SMILES string of the molecule is Cc1ccc(C(=O)NCCn2nc(C3CC3)n(-c3ccccc3)c2=O)cc1[N+](=O)[O-]. The van der Waals surface area contributed by atoms with Gasteiger partial charge in [0.15, 0.2) is 0 Å². The van der Waals surface area contributed by atoms with E-state index in [1.165, 1.54) is 10.7 Å². The number of aromatic nitrogens is 3. The van der Waals surface area contributed by atoms with E-state index < -0.39 is 10.8 Å². The summed E-state index contributed by atoms with van der Waals surface area (Å²) in [6, 6.07) is 13.7. The lowest BCUT2D eigenvalue weighted by molar-refractivity contribution is -0.385. The van der Waals surface area contributed by atoms with Gasteiger partial charge in [-0.3, -0.25) is 14.9 Å². The van der Waals surface area contributed by atoms with Gasteiger partial charge in [0.2, 0.25) is 0 Å². The molecule has 0 radical (unpaired) electrons. The molecular formula is C21H21N5O4. The van der Waals surface area contributed by atoms with Crippen molar-refractivity contribution in [2.75, 3.05) is 6.54 Å². The highest BCUT2D eigenvalue weighted by Gasteiger charge is 2.31. The molecule has 1 aromatic heterocycles. The van der Waals surface area contributed by atoms with Crippen molar-refractivity contribution in [2.45, 2.75) is 32.2 Å². The predicted molar refractivity (Wildman–Crippen MR) is 110 cm³/mol. The lowest BCUT2D eigenvalue weighted by Crippen LogP contribution is -2.32. The van der Waals surface area contributed by atoms with Crippen molar-refractivity contribution in [1.29, 1.82) is 0 Å². The Labute approximate surface area is 172 Å². The first-order valence-corrected chi connectivity index (χ1v) is 9.74. The maximum Gasteiger partial charge on any atom is 0.350 e. The van der Waals surface area contributed by atoms with Gasteiger partial charge in [0.1, 0.15) is 5.82 Å². The van der Waals surface area contributed by atoms with Crippen LogP contribution in [0.3, 0.4) is 0 Å². The molecule has 2 aromatic carbocycles. The van der Waals surface area contributed by atoms with Crippen LogP contribution in [0.4, 0.5) is 5.69 Å². The first-order valence-electron chi connectivity index (χ1n) is 9.74. The van der Waals surface area contributed by atoms with Gasteiger partial charge in [0.25, 0.3) is 11.6 Å². The highest BCUT2D eigenvalue weighted by atomic mass is 16.6. The van der Waals surface area contributed by atoms with E-state index in [2.05, 4.69) is 10.4 Å². The number of benzene rings is 2. The minimum absolute atomic E-state index is 0.102. The largest absolute Gasteiger partial charge is 0.350 e. The molecule has 0 saturated heterocycles. The third kappa shape index (κ3) is 3.86. The maximum absolute atomic E-state index is 12.9. The predicted octanol–water partition coefficient (Wildman–Crippen LogP) is 2.56. The summed E-state index contributed by atoms with van der Waals surface area (Å²) in [6.07, 6.45) is 2.01. The zero-order valence-corrected chi connectivity index (χ0v) is 16.4. The fraction of sp³-hybridized carbons (Fsp3) is 0.286. The number of amides is 1. The van der Waals surface area contributed by atoms with Gasteiger partial charge in [0.05, 0.1) is 17.2 Å². The lowest BCUT2D eigenvalue weighted by atomic mass is 10.1. The van der Waals surface area contributed by atoms with E-state index in [4.69, 9.17) is 0 Å². The lowest BCUT2D eigenvalue weighted by Gasteiger charge is -2.06. The summed E-state index contributed by atoms with van der Waals surface area (Å²) in [5.41, 5.74) is 1.11. The molecule has 0 aliphatic heterocycles. The van der Waals surface area contributed by atoms with Gasteiger partial charge in [-0.2, -0.15) is 5.10 Å². The van der Waals surface area contributed by atoms with E-state index in [9.17, 15) is 19.7 Å².